The van der Waals surface area contributed by atoms with E-state index in [4.69, 9.17) is 5.53 Å². The number of nitrogens with zero attached hydrogens (tertiary/aromatic N) is 4. The van der Waals surface area contributed by atoms with Gasteiger partial charge < -0.3 is 0 Å². The van der Waals surface area contributed by atoms with Gasteiger partial charge >= 0.3 is 0 Å². The summed E-state index contributed by atoms with van der Waals surface area (Å²) in [6.07, 6.45) is 0.0995. The molecule has 1 heterocycles. The molecule has 0 N–H and O–H groups in total. The minimum Gasteiger partial charge on any atom is -0.274 e. The van der Waals surface area contributed by atoms with Gasteiger partial charge in [-0.1, -0.05) is 0 Å². The predicted molar refractivity (Wildman–Crippen MR) is 73.4 cm³/mol. The van der Waals surface area contributed by atoms with Crippen molar-refractivity contribution in [3.8, 4) is 0 Å². The standard InChI is InChI=1S/C10H9N4O4PS/c11-12-13-20(17,18)7-3-1-6(2-4-7)14-9(15)5-8(19)10(14)16/h1-4,8H,5,19H2. The number of carbonyl (C=O) groups is 2. The molecule has 0 saturated carbocycles. The Morgan fingerprint density at radius 2 is 1.90 bits per heavy atom. The molecular weight excluding hydrogens is 303 g/mol. The zero-order valence-electron chi connectivity index (χ0n) is 10.0. The Balaban J connectivity index is 2.37. The van der Waals surface area contributed by atoms with Crippen LogP contribution in [-0.4, -0.2) is 25.9 Å². The summed E-state index contributed by atoms with van der Waals surface area (Å²) in [5, 5.41) is 0. The number of hydrogen-bond donors (Lipinski definition) is 0. The first-order valence-electron chi connectivity index (χ1n) is 5.40. The second kappa shape index (κ2) is 5.20. The molecule has 0 aromatic heterocycles. The number of hydrogen-bond acceptors (Lipinski definition) is 4. The predicted octanol–water partition coefficient (Wildman–Crippen LogP) is 1.19. The quantitative estimate of drug-likeness (QED) is 0.273. The Morgan fingerprint density at radius 1 is 1.30 bits per heavy atom. The van der Waals surface area contributed by atoms with Crippen molar-refractivity contribution < 1.29 is 18.0 Å². The van der Waals surface area contributed by atoms with E-state index in [0.29, 0.717) is 0 Å². The van der Waals surface area contributed by atoms with Crippen LogP contribution in [0.4, 0.5) is 5.69 Å². The maximum Gasteiger partial charge on any atom is 0.264 e. The molecule has 1 aliphatic heterocycles. The van der Waals surface area contributed by atoms with Crippen molar-refractivity contribution in [3.05, 3.63) is 34.7 Å². The van der Waals surface area contributed by atoms with Crippen LogP contribution in [0.3, 0.4) is 0 Å². The average molecular weight is 312 g/mol. The molecule has 0 aliphatic carbocycles. The Hall–Kier alpha value is -1.95. The fourth-order valence-electron chi connectivity index (χ4n) is 1.79. The largest absolute Gasteiger partial charge is 0.274 e. The summed E-state index contributed by atoms with van der Waals surface area (Å²) in [5.41, 5.74) is 7.99. The van der Waals surface area contributed by atoms with Crippen molar-refractivity contribution in [3.63, 3.8) is 0 Å². The number of imide groups is 1. The number of azide groups is 1. The van der Waals surface area contributed by atoms with Crippen LogP contribution in [0.5, 0.6) is 0 Å². The van der Waals surface area contributed by atoms with Gasteiger partial charge in [0.05, 0.1) is 16.2 Å². The first kappa shape index (κ1) is 14.5. The van der Waals surface area contributed by atoms with Crippen molar-refractivity contribution in [2.45, 2.75) is 17.0 Å². The summed E-state index contributed by atoms with van der Waals surface area (Å²) < 4.78 is 25.6. The molecule has 0 radical (unpaired) electrons. The summed E-state index contributed by atoms with van der Waals surface area (Å²) in [6.45, 7) is 0. The van der Waals surface area contributed by atoms with Gasteiger partial charge in [-0.15, -0.1) is 9.24 Å². The van der Waals surface area contributed by atoms with Gasteiger partial charge in [-0.3, -0.25) is 14.5 Å². The van der Waals surface area contributed by atoms with E-state index in [1.165, 1.54) is 24.3 Å². The SMILES string of the molecule is [N-]=[N+]=NS(=O)(=O)c1ccc(N2C(=O)CC(P)C2=O)cc1. The molecule has 0 spiro atoms. The molecule has 1 fully saturated rings. The molecule has 8 nitrogen and oxygen atoms in total. The fourth-order valence-corrected chi connectivity index (χ4v) is 2.81. The van der Waals surface area contributed by atoms with E-state index in [2.05, 4.69) is 18.7 Å². The molecule has 2 amide bonds. The van der Waals surface area contributed by atoms with Crippen LogP contribution in [0.2, 0.25) is 0 Å². The number of benzene rings is 1. The lowest BCUT2D eigenvalue weighted by Gasteiger charge is -2.14. The Labute approximate surface area is 116 Å². The topological polar surface area (TPSA) is 120 Å². The molecule has 1 aliphatic rings. The van der Waals surface area contributed by atoms with E-state index in [9.17, 15) is 18.0 Å². The van der Waals surface area contributed by atoms with Gasteiger partial charge in [-0.2, -0.15) is 0 Å². The average Bonchev–Trinajstić information content (AvgIpc) is 2.63. The minimum atomic E-state index is -4.07. The molecule has 2 unspecified atom stereocenters. The van der Waals surface area contributed by atoms with E-state index >= 15 is 0 Å². The van der Waals surface area contributed by atoms with Crippen LogP contribution in [0.15, 0.2) is 33.7 Å². The third-order valence-electron chi connectivity index (χ3n) is 2.72. The van der Waals surface area contributed by atoms with Crippen molar-refractivity contribution in [1.82, 2.24) is 0 Å². The lowest BCUT2D eigenvalue weighted by molar-refractivity contribution is -0.121. The monoisotopic (exact) mass is 312 g/mol. The van der Waals surface area contributed by atoms with Gasteiger partial charge in [0.25, 0.3) is 10.0 Å². The molecule has 1 aromatic carbocycles. The Morgan fingerprint density at radius 3 is 2.35 bits per heavy atom. The van der Waals surface area contributed by atoms with Crippen LogP contribution in [0, 0.1) is 0 Å². The van der Waals surface area contributed by atoms with Crippen molar-refractivity contribution in [2.24, 2.45) is 4.52 Å². The second-order valence-electron chi connectivity index (χ2n) is 4.02. The first-order valence-corrected chi connectivity index (χ1v) is 7.51. The van der Waals surface area contributed by atoms with Gasteiger partial charge in [-0.25, -0.2) is 8.42 Å². The molecular formula is C10H9N4O4PS. The van der Waals surface area contributed by atoms with Gasteiger partial charge in [0.1, 0.15) is 0 Å². The maximum atomic E-state index is 11.8. The lowest BCUT2D eigenvalue weighted by atomic mass is 10.3. The third-order valence-corrected chi connectivity index (χ3v) is 4.40. The Kier molecular flexibility index (Phi) is 3.76. The van der Waals surface area contributed by atoms with E-state index in [-0.39, 0.29) is 28.8 Å². The van der Waals surface area contributed by atoms with Gasteiger partial charge in [-0.05, 0) is 29.8 Å². The van der Waals surface area contributed by atoms with Crippen molar-refractivity contribution in [2.75, 3.05) is 4.90 Å². The molecule has 0 bridgehead atoms. The number of rotatable bonds is 3. The smallest absolute Gasteiger partial charge is 0.264 e. The van der Waals surface area contributed by atoms with Gasteiger partial charge in [0.2, 0.25) is 11.8 Å². The van der Waals surface area contributed by atoms with E-state index in [0.717, 1.165) is 4.90 Å². The molecule has 10 heteroatoms. The van der Waals surface area contributed by atoms with Crippen molar-refractivity contribution >= 4 is 36.8 Å². The van der Waals surface area contributed by atoms with E-state index in [1.807, 2.05) is 0 Å². The number of carbonyl (C=O) groups excluding carboxylic acids is 2. The summed E-state index contributed by atoms with van der Waals surface area (Å²) in [5.74, 6) is -0.702. The zero-order chi connectivity index (χ0) is 14.9. The Bertz CT molecular complexity index is 724. The normalized spacial score (nSPS) is 19.1. The maximum absolute atomic E-state index is 11.8. The lowest BCUT2D eigenvalue weighted by Crippen LogP contribution is -2.30. The van der Waals surface area contributed by atoms with E-state index in [1.54, 1.807) is 0 Å². The summed E-state index contributed by atoms with van der Waals surface area (Å²) in [6, 6.07) is 4.99. The van der Waals surface area contributed by atoms with Gasteiger partial charge in [0.15, 0.2) is 0 Å². The highest BCUT2D eigenvalue weighted by Crippen LogP contribution is 2.27. The minimum absolute atomic E-state index is 0.0995. The summed E-state index contributed by atoms with van der Waals surface area (Å²) in [4.78, 5) is 26.5. The highest BCUT2D eigenvalue weighted by molar-refractivity contribution is 7.90. The highest BCUT2D eigenvalue weighted by Gasteiger charge is 2.36. The molecule has 104 valence electrons. The number of sulfonamides is 1. The molecule has 20 heavy (non-hydrogen) atoms. The van der Waals surface area contributed by atoms with E-state index < -0.39 is 15.7 Å². The second-order valence-corrected chi connectivity index (χ2v) is 6.41. The number of amides is 2. The van der Waals surface area contributed by atoms with Crippen LogP contribution in [0.1, 0.15) is 6.42 Å². The third kappa shape index (κ3) is 2.51. The first-order chi connectivity index (χ1) is 9.36. The van der Waals surface area contributed by atoms with Crippen LogP contribution in [0.25, 0.3) is 10.4 Å². The molecule has 1 saturated heterocycles. The summed E-state index contributed by atoms with van der Waals surface area (Å²) in [7, 11) is -1.78. The molecule has 1 aromatic rings. The highest BCUT2D eigenvalue weighted by atomic mass is 32.2. The van der Waals surface area contributed by atoms with Crippen LogP contribution >= 0.6 is 9.24 Å². The van der Waals surface area contributed by atoms with Crippen LogP contribution in [-0.2, 0) is 19.6 Å². The van der Waals surface area contributed by atoms with Gasteiger partial charge in [0, 0.05) is 15.9 Å². The summed E-state index contributed by atoms with van der Waals surface area (Å²) >= 11 is 0. The van der Waals surface area contributed by atoms with Crippen molar-refractivity contribution in [1.29, 1.82) is 0 Å². The van der Waals surface area contributed by atoms with Crippen LogP contribution < -0.4 is 4.90 Å². The molecule has 2 rings (SSSR count). The fraction of sp³-hybridized carbons (Fsp3) is 0.200. The molecule has 2 atom stereocenters. The zero-order valence-corrected chi connectivity index (χ0v) is 12.0. The number of anilines is 1.